The van der Waals surface area contributed by atoms with Crippen LogP contribution in [-0.2, 0) is 7.05 Å². The highest BCUT2D eigenvalue weighted by Gasteiger charge is 2.23. The van der Waals surface area contributed by atoms with Crippen molar-refractivity contribution in [2.75, 3.05) is 18.2 Å². The number of halogens is 2. The Morgan fingerprint density at radius 3 is 2.50 bits per heavy atom. The molecule has 5 rings (SSSR count). The van der Waals surface area contributed by atoms with Gasteiger partial charge in [0.2, 0.25) is 0 Å². The molecule has 0 fully saturated rings. The van der Waals surface area contributed by atoms with E-state index in [0.29, 0.717) is 33.3 Å². The largest absolute Gasteiger partial charge is 0.494 e. The number of rotatable bonds is 6. The van der Waals surface area contributed by atoms with Crippen molar-refractivity contribution in [3.63, 3.8) is 0 Å². The molecule has 40 heavy (non-hydrogen) atoms. The Hall–Kier alpha value is -4.96. The lowest BCUT2D eigenvalue weighted by molar-refractivity contribution is 0.102. The van der Waals surface area contributed by atoms with Crippen LogP contribution in [0.15, 0.2) is 77.7 Å². The molecule has 0 spiro atoms. The number of nitrogens with zero attached hydrogens (tertiary/aromatic N) is 4. The van der Waals surface area contributed by atoms with Crippen LogP contribution in [0.1, 0.15) is 16.1 Å². The van der Waals surface area contributed by atoms with Crippen molar-refractivity contribution in [3.8, 4) is 34.0 Å². The van der Waals surface area contributed by atoms with Crippen LogP contribution in [0, 0.1) is 12.7 Å². The van der Waals surface area contributed by atoms with E-state index in [0.717, 1.165) is 0 Å². The molecular weight excluding hydrogens is 535 g/mol. The van der Waals surface area contributed by atoms with E-state index in [2.05, 4.69) is 15.3 Å². The Balaban J connectivity index is 1.43. The Morgan fingerprint density at radius 2 is 1.80 bits per heavy atom. The molecule has 0 aliphatic rings. The number of nitrogens with one attached hydrogen (secondary N) is 1. The minimum Gasteiger partial charge on any atom is -0.494 e. The molecule has 0 aliphatic carbocycles. The number of ether oxygens (including phenoxy) is 1. The summed E-state index contributed by atoms with van der Waals surface area (Å²) >= 11 is 6.30. The number of hydrogen-bond acceptors (Lipinski definition) is 6. The molecule has 0 unspecified atom stereocenters. The molecule has 3 N–H and O–H groups in total. The monoisotopic (exact) mass is 558 g/mol. The molecule has 0 aliphatic heterocycles. The molecule has 0 saturated carbocycles. The number of carbonyl (C=O) groups is 1. The van der Waals surface area contributed by atoms with Gasteiger partial charge in [-0.05, 0) is 43.3 Å². The van der Waals surface area contributed by atoms with E-state index in [1.807, 2.05) is 0 Å². The number of hydrogen-bond donors (Lipinski definition) is 2. The average Bonchev–Trinajstić information content (AvgIpc) is 3.17. The molecule has 11 heteroatoms. The number of aromatic nitrogens is 4. The van der Waals surface area contributed by atoms with Crippen LogP contribution in [-0.4, -0.2) is 32.3 Å². The summed E-state index contributed by atoms with van der Waals surface area (Å²) in [6, 6.07) is 18.3. The first-order valence-electron chi connectivity index (χ1n) is 12.1. The maximum Gasteiger partial charge on any atom is 0.284 e. The summed E-state index contributed by atoms with van der Waals surface area (Å²) < 4.78 is 22.8. The lowest BCUT2D eigenvalue weighted by Crippen LogP contribution is -2.25. The van der Waals surface area contributed by atoms with Crippen molar-refractivity contribution in [1.82, 2.24) is 19.3 Å². The highest BCUT2D eigenvalue weighted by atomic mass is 35.5. The van der Waals surface area contributed by atoms with Crippen molar-refractivity contribution >= 4 is 29.0 Å². The van der Waals surface area contributed by atoms with E-state index in [9.17, 15) is 14.0 Å². The van der Waals surface area contributed by atoms with Gasteiger partial charge in [0.05, 0.1) is 35.4 Å². The molecule has 3 aromatic carbocycles. The lowest BCUT2D eigenvalue weighted by Gasteiger charge is -2.10. The number of anilines is 2. The fourth-order valence-electron chi connectivity index (χ4n) is 4.38. The number of carbonyl (C=O) groups excluding carboxylic acids is 1. The molecular formula is C29H24ClFN6O3. The fraction of sp³-hybridized carbons (Fsp3) is 0.103. The van der Waals surface area contributed by atoms with Crippen LogP contribution < -0.4 is 21.3 Å². The molecule has 0 bridgehead atoms. The molecule has 5 aromatic rings. The van der Waals surface area contributed by atoms with Gasteiger partial charge in [-0.25, -0.2) is 19.0 Å². The summed E-state index contributed by atoms with van der Waals surface area (Å²) in [5.74, 6) is -0.877. The fourth-order valence-corrected chi connectivity index (χ4v) is 4.59. The third-order valence-corrected chi connectivity index (χ3v) is 6.86. The first-order valence-corrected chi connectivity index (χ1v) is 12.5. The van der Waals surface area contributed by atoms with Crippen LogP contribution in [0.25, 0.3) is 28.2 Å². The van der Waals surface area contributed by atoms with Gasteiger partial charge in [-0.15, -0.1) is 0 Å². The van der Waals surface area contributed by atoms with Crippen molar-refractivity contribution in [1.29, 1.82) is 0 Å². The Kier molecular flexibility index (Phi) is 7.10. The van der Waals surface area contributed by atoms with E-state index in [-0.39, 0.29) is 28.4 Å². The number of benzene rings is 3. The van der Waals surface area contributed by atoms with Crippen molar-refractivity contribution in [3.05, 3.63) is 105 Å². The summed E-state index contributed by atoms with van der Waals surface area (Å²) in [6.07, 6.45) is 1.39. The van der Waals surface area contributed by atoms with Crippen molar-refractivity contribution in [2.45, 2.75) is 6.92 Å². The zero-order valence-corrected chi connectivity index (χ0v) is 22.5. The van der Waals surface area contributed by atoms with Gasteiger partial charge in [0.1, 0.15) is 17.1 Å². The second kappa shape index (κ2) is 10.7. The zero-order valence-electron chi connectivity index (χ0n) is 21.8. The zero-order chi connectivity index (χ0) is 28.6. The van der Waals surface area contributed by atoms with Crippen molar-refractivity contribution in [2.24, 2.45) is 7.05 Å². The molecule has 0 radical (unpaired) electrons. The van der Waals surface area contributed by atoms with E-state index in [4.69, 9.17) is 22.1 Å². The summed E-state index contributed by atoms with van der Waals surface area (Å²) in [7, 11) is 3.07. The van der Waals surface area contributed by atoms with Crippen LogP contribution in [0.5, 0.6) is 5.75 Å². The number of methoxy groups -OCH3 is 1. The highest BCUT2D eigenvalue weighted by molar-refractivity contribution is 6.32. The third-order valence-electron chi connectivity index (χ3n) is 6.54. The van der Waals surface area contributed by atoms with Gasteiger partial charge in [-0.1, -0.05) is 41.9 Å². The molecule has 202 valence electrons. The quantitative estimate of drug-likeness (QED) is 0.294. The highest BCUT2D eigenvalue weighted by Crippen LogP contribution is 2.31. The summed E-state index contributed by atoms with van der Waals surface area (Å²) in [5, 5.41) is 3.15. The minimum absolute atomic E-state index is 0.00498. The number of nitrogen functional groups attached to an aromatic ring is 1. The van der Waals surface area contributed by atoms with Crippen LogP contribution in [0.4, 0.5) is 15.9 Å². The summed E-state index contributed by atoms with van der Waals surface area (Å²) in [6.45, 7) is 1.69. The second-order valence-corrected chi connectivity index (χ2v) is 9.30. The lowest BCUT2D eigenvalue weighted by atomic mass is 10.1. The number of amides is 1. The second-order valence-electron chi connectivity index (χ2n) is 8.89. The SMILES string of the molecule is COc1cccc(-c2cnc(N)c(-c3ccc(NC(=O)c4c(C)n(C)n(-c5ccccc5Cl)c4=O)cc3)n2)c1F. The smallest absolute Gasteiger partial charge is 0.284 e. The van der Waals surface area contributed by atoms with E-state index in [1.54, 1.807) is 79.3 Å². The normalized spacial score (nSPS) is 10.9. The Bertz CT molecular complexity index is 1810. The van der Waals surface area contributed by atoms with E-state index >= 15 is 0 Å². The van der Waals surface area contributed by atoms with Gasteiger partial charge < -0.3 is 15.8 Å². The standard InChI is InChI=1S/C29H24ClFN6O3/c1-16-24(29(39)37(36(16)2)22-9-5-4-8-20(22)30)28(38)34-18-13-11-17(12-14-18)26-27(32)33-15-21(35-26)19-7-6-10-23(40-3)25(19)31/h4-15H,1-3H3,(H2,32,33)(H,34,38). The van der Waals surface area contributed by atoms with Gasteiger partial charge in [0, 0.05) is 23.9 Å². The van der Waals surface area contributed by atoms with Gasteiger partial charge in [-0.3, -0.25) is 14.3 Å². The van der Waals surface area contributed by atoms with Gasteiger partial charge in [-0.2, -0.15) is 0 Å². The maximum atomic E-state index is 14.8. The van der Waals surface area contributed by atoms with Gasteiger partial charge in [0.15, 0.2) is 11.6 Å². The molecule has 0 saturated heterocycles. The van der Waals surface area contributed by atoms with Crippen LogP contribution >= 0.6 is 11.6 Å². The number of nitrogens with two attached hydrogens (primary N) is 1. The van der Waals surface area contributed by atoms with Gasteiger partial charge in [0.25, 0.3) is 11.5 Å². The van der Waals surface area contributed by atoms with E-state index < -0.39 is 17.3 Å². The van der Waals surface area contributed by atoms with Crippen molar-refractivity contribution < 1.29 is 13.9 Å². The third kappa shape index (κ3) is 4.69. The molecule has 9 nitrogen and oxygen atoms in total. The summed E-state index contributed by atoms with van der Waals surface area (Å²) in [4.78, 5) is 35.1. The Morgan fingerprint density at radius 1 is 1.07 bits per heavy atom. The molecule has 0 atom stereocenters. The molecule has 2 heterocycles. The maximum absolute atomic E-state index is 14.8. The topological polar surface area (TPSA) is 117 Å². The first-order chi connectivity index (χ1) is 19.2. The first kappa shape index (κ1) is 26.6. The molecule has 2 aromatic heterocycles. The molecule has 1 amide bonds. The predicted molar refractivity (Wildman–Crippen MR) is 153 cm³/mol. The predicted octanol–water partition coefficient (Wildman–Crippen LogP) is 5.24. The summed E-state index contributed by atoms with van der Waals surface area (Å²) in [5.41, 5.74) is 8.43. The minimum atomic E-state index is -0.563. The Labute approximate surface area is 233 Å². The average molecular weight is 559 g/mol. The van der Waals surface area contributed by atoms with E-state index in [1.165, 1.54) is 24.1 Å². The van der Waals surface area contributed by atoms with Crippen LogP contribution in [0.3, 0.4) is 0 Å². The number of para-hydroxylation sites is 1. The van der Waals surface area contributed by atoms with Crippen LogP contribution in [0.2, 0.25) is 5.02 Å². The van der Waals surface area contributed by atoms with Gasteiger partial charge >= 0.3 is 0 Å².